The molecule has 1 aromatic carbocycles. The van der Waals surface area contributed by atoms with Gasteiger partial charge in [0.15, 0.2) is 6.61 Å². The van der Waals surface area contributed by atoms with E-state index in [4.69, 9.17) is 4.74 Å². The van der Waals surface area contributed by atoms with Crippen LogP contribution in [0.3, 0.4) is 0 Å². The number of ether oxygens (including phenoxy) is 1. The number of amides is 1. The monoisotopic (exact) mass is 304 g/mol. The third kappa shape index (κ3) is 4.23. The second-order valence-electron chi connectivity index (χ2n) is 6.52. The second kappa shape index (κ2) is 7.63. The normalized spacial score (nSPS) is 18.0. The molecule has 0 unspecified atom stereocenters. The number of carbonyl (C=O) groups is 1. The maximum Gasteiger partial charge on any atom is 0.260 e. The maximum absolute atomic E-state index is 12.3. The van der Waals surface area contributed by atoms with Gasteiger partial charge in [-0.05, 0) is 56.0 Å². The fourth-order valence-electron chi connectivity index (χ4n) is 2.88. The molecule has 4 nitrogen and oxygen atoms in total. The molecule has 0 aromatic heterocycles. The SMILES string of the molecule is CNC[C@H]1CCN(C(=O)COc2cc(C(C)C)ccc2C)C1. The van der Waals surface area contributed by atoms with Crippen LogP contribution in [-0.4, -0.2) is 44.1 Å². The molecule has 0 saturated carbocycles. The van der Waals surface area contributed by atoms with Crippen molar-refractivity contribution in [3.63, 3.8) is 0 Å². The Morgan fingerprint density at radius 3 is 2.91 bits per heavy atom. The molecule has 1 heterocycles. The number of rotatable bonds is 6. The number of hydrogen-bond donors (Lipinski definition) is 1. The standard InChI is InChI=1S/C18H28N2O2/c1-13(2)16-6-5-14(3)17(9-16)22-12-18(21)20-8-7-15(11-20)10-19-4/h5-6,9,13,15,19H,7-8,10-12H2,1-4H3/t15-/m1/s1. The van der Waals surface area contributed by atoms with Crippen LogP contribution in [0.5, 0.6) is 5.75 Å². The molecule has 1 aromatic rings. The lowest BCUT2D eigenvalue weighted by molar-refractivity contribution is -0.132. The van der Waals surface area contributed by atoms with Crippen molar-refractivity contribution in [3.8, 4) is 5.75 Å². The highest BCUT2D eigenvalue weighted by Crippen LogP contribution is 2.24. The summed E-state index contributed by atoms with van der Waals surface area (Å²) in [5.74, 6) is 1.94. The minimum Gasteiger partial charge on any atom is -0.483 e. The summed E-state index contributed by atoms with van der Waals surface area (Å²) in [5, 5.41) is 3.18. The fourth-order valence-corrected chi connectivity index (χ4v) is 2.88. The lowest BCUT2D eigenvalue weighted by atomic mass is 10.0. The zero-order chi connectivity index (χ0) is 16.1. The van der Waals surface area contributed by atoms with Crippen LogP contribution in [0.2, 0.25) is 0 Å². The van der Waals surface area contributed by atoms with Gasteiger partial charge in [-0.15, -0.1) is 0 Å². The Morgan fingerprint density at radius 2 is 2.23 bits per heavy atom. The lowest BCUT2D eigenvalue weighted by Crippen LogP contribution is -2.34. The van der Waals surface area contributed by atoms with Crippen molar-refractivity contribution in [1.29, 1.82) is 0 Å². The third-order valence-electron chi connectivity index (χ3n) is 4.36. The van der Waals surface area contributed by atoms with Crippen LogP contribution in [-0.2, 0) is 4.79 Å². The summed E-state index contributed by atoms with van der Waals surface area (Å²) < 4.78 is 5.79. The average Bonchev–Trinajstić information content (AvgIpc) is 2.95. The Kier molecular flexibility index (Phi) is 5.83. The minimum absolute atomic E-state index is 0.0907. The van der Waals surface area contributed by atoms with Gasteiger partial charge in [0.05, 0.1) is 0 Å². The number of likely N-dealkylation sites (tertiary alicyclic amines) is 1. The Labute approximate surface area is 133 Å². The molecule has 122 valence electrons. The van der Waals surface area contributed by atoms with Crippen LogP contribution in [0.25, 0.3) is 0 Å². The van der Waals surface area contributed by atoms with Gasteiger partial charge in [0.2, 0.25) is 0 Å². The summed E-state index contributed by atoms with van der Waals surface area (Å²) in [5.41, 5.74) is 2.31. The number of nitrogens with zero attached hydrogens (tertiary/aromatic N) is 1. The van der Waals surface area contributed by atoms with Gasteiger partial charge in [-0.1, -0.05) is 26.0 Å². The predicted molar refractivity (Wildman–Crippen MR) is 89.4 cm³/mol. The molecule has 2 rings (SSSR count). The summed E-state index contributed by atoms with van der Waals surface area (Å²) in [7, 11) is 1.96. The van der Waals surface area contributed by atoms with Crippen LogP contribution in [0.4, 0.5) is 0 Å². The number of benzene rings is 1. The Balaban J connectivity index is 1.90. The van der Waals surface area contributed by atoms with Crippen molar-refractivity contribution in [1.82, 2.24) is 10.2 Å². The maximum atomic E-state index is 12.3. The van der Waals surface area contributed by atoms with Gasteiger partial charge in [-0.2, -0.15) is 0 Å². The average molecular weight is 304 g/mol. The van der Waals surface area contributed by atoms with Crippen LogP contribution in [0.15, 0.2) is 18.2 Å². The molecule has 1 N–H and O–H groups in total. The molecule has 1 saturated heterocycles. The summed E-state index contributed by atoms with van der Waals surface area (Å²) >= 11 is 0. The smallest absolute Gasteiger partial charge is 0.260 e. The second-order valence-corrected chi connectivity index (χ2v) is 6.52. The molecule has 0 radical (unpaired) electrons. The van der Waals surface area contributed by atoms with E-state index in [1.807, 2.05) is 18.9 Å². The quantitative estimate of drug-likeness (QED) is 0.878. The van der Waals surface area contributed by atoms with E-state index in [1.165, 1.54) is 5.56 Å². The molecule has 1 atom stereocenters. The van der Waals surface area contributed by atoms with Crippen LogP contribution in [0, 0.1) is 12.8 Å². The van der Waals surface area contributed by atoms with Crippen molar-refractivity contribution in [2.24, 2.45) is 5.92 Å². The van der Waals surface area contributed by atoms with E-state index in [-0.39, 0.29) is 12.5 Å². The van der Waals surface area contributed by atoms with Crippen LogP contribution < -0.4 is 10.1 Å². The number of aryl methyl sites for hydroxylation is 1. The van der Waals surface area contributed by atoms with E-state index >= 15 is 0 Å². The van der Waals surface area contributed by atoms with Gasteiger partial charge < -0.3 is 15.0 Å². The van der Waals surface area contributed by atoms with Crippen molar-refractivity contribution < 1.29 is 9.53 Å². The highest BCUT2D eigenvalue weighted by Gasteiger charge is 2.25. The first kappa shape index (κ1) is 16.8. The molecule has 0 bridgehead atoms. The molecule has 1 amide bonds. The van der Waals surface area contributed by atoms with E-state index in [0.717, 1.165) is 37.4 Å². The fraction of sp³-hybridized carbons (Fsp3) is 0.611. The first-order valence-electron chi connectivity index (χ1n) is 8.17. The van der Waals surface area contributed by atoms with E-state index in [9.17, 15) is 4.79 Å². The largest absolute Gasteiger partial charge is 0.483 e. The molecular weight excluding hydrogens is 276 g/mol. The molecule has 0 aliphatic carbocycles. The zero-order valence-corrected chi connectivity index (χ0v) is 14.2. The topological polar surface area (TPSA) is 41.6 Å². The van der Waals surface area contributed by atoms with E-state index in [0.29, 0.717) is 11.8 Å². The van der Waals surface area contributed by atoms with E-state index in [1.54, 1.807) is 0 Å². The van der Waals surface area contributed by atoms with E-state index in [2.05, 4.69) is 37.4 Å². The first-order valence-corrected chi connectivity index (χ1v) is 8.17. The molecule has 1 fully saturated rings. The number of carbonyl (C=O) groups excluding carboxylic acids is 1. The van der Waals surface area contributed by atoms with Crippen molar-refractivity contribution in [3.05, 3.63) is 29.3 Å². The first-order chi connectivity index (χ1) is 10.5. The molecule has 0 spiro atoms. The Bertz CT molecular complexity index is 514. The summed E-state index contributed by atoms with van der Waals surface area (Å²) in [6.45, 7) is 9.13. The van der Waals surface area contributed by atoms with Gasteiger partial charge in [0, 0.05) is 13.1 Å². The van der Waals surface area contributed by atoms with Gasteiger partial charge in [0.1, 0.15) is 5.75 Å². The number of nitrogens with one attached hydrogen (secondary N) is 1. The van der Waals surface area contributed by atoms with Crippen LogP contribution >= 0.6 is 0 Å². The van der Waals surface area contributed by atoms with Gasteiger partial charge >= 0.3 is 0 Å². The van der Waals surface area contributed by atoms with Crippen LogP contribution in [0.1, 0.15) is 37.3 Å². The molecule has 22 heavy (non-hydrogen) atoms. The van der Waals surface area contributed by atoms with Crippen molar-refractivity contribution in [2.75, 3.05) is 33.3 Å². The van der Waals surface area contributed by atoms with E-state index < -0.39 is 0 Å². The number of hydrogen-bond acceptors (Lipinski definition) is 3. The van der Waals surface area contributed by atoms with Gasteiger partial charge in [-0.3, -0.25) is 4.79 Å². The predicted octanol–water partition coefficient (Wildman–Crippen LogP) is 2.57. The highest BCUT2D eigenvalue weighted by atomic mass is 16.5. The van der Waals surface area contributed by atoms with Crippen molar-refractivity contribution >= 4 is 5.91 Å². The Morgan fingerprint density at radius 1 is 1.45 bits per heavy atom. The minimum atomic E-state index is 0.0907. The molecule has 4 heteroatoms. The third-order valence-corrected chi connectivity index (χ3v) is 4.36. The van der Waals surface area contributed by atoms with Gasteiger partial charge in [-0.25, -0.2) is 0 Å². The summed E-state index contributed by atoms with van der Waals surface area (Å²) in [4.78, 5) is 14.2. The highest BCUT2D eigenvalue weighted by molar-refractivity contribution is 5.78. The van der Waals surface area contributed by atoms with Gasteiger partial charge in [0.25, 0.3) is 5.91 Å². The lowest BCUT2D eigenvalue weighted by Gasteiger charge is -2.18. The zero-order valence-electron chi connectivity index (χ0n) is 14.2. The van der Waals surface area contributed by atoms with Crippen molar-refractivity contribution in [2.45, 2.75) is 33.1 Å². The molecule has 1 aliphatic rings. The Hall–Kier alpha value is -1.55. The molecular formula is C18H28N2O2. The summed E-state index contributed by atoms with van der Waals surface area (Å²) in [6.07, 6.45) is 1.08. The molecule has 1 aliphatic heterocycles. The summed E-state index contributed by atoms with van der Waals surface area (Å²) in [6, 6.07) is 6.24.